The topological polar surface area (TPSA) is 104 Å². The Hall–Kier alpha value is -3.68. The zero-order valence-corrected chi connectivity index (χ0v) is 15.2. The molecule has 7 nitrogen and oxygen atoms in total. The summed E-state index contributed by atoms with van der Waals surface area (Å²) in [5.41, 5.74) is 2.26. The lowest BCUT2D eigenvalue weighted by atomic mass is 10.0. The molecule has 0 radical (unpaired) electrons. The molecule has 0 atom stereocenters. The Bertz CT molecular complexity index is 1030. The first-order valence-corrected chi connectivity index (χ1v) is 8.38. The zero-order valence-electron chi connectivity index (χ0n) is 15.2. The van der Waals surface area contributed by atoms with Crippen molar-refractivity contribution in [1.82, 2.24) is 15.5 Å². The number of methoxy groups -OCH3 is 1. The Morgan fingerprint density at radius 2 is 2.07 bits per heavy atom. The van der Waals surface area contributed by atoms with E-state index in [4.69, 9.17) is 9.84 Å². The number of nitrogens with one attached hydrogen (secondary N) is 2. The number of carboxylic acids is 1. The van der Waals surface area contributed by atoms with Gasteiger partial charge in [-0.05, 0) is 42.3 Å². The van der Waals surface area contributed by atoms with Crippen molar-refractivity contribution >= 4 is 11.9 Å². The molecule has 28 heavy (non-hydrogen) atoms. The third kappa shape index (κ3) is 3.85. The molecule has 0 unspecified atom stereocenters. The first-order valence-electron chi connectivity index (χ1n) is 8.38. The lowest BCUT2D eigenvalue weighted by Gasteiger charge is -2.11. The molecule has 0 fully saturated rings. The van der Waals surface area contributed by atoms with Crippen LogP contribution in [0.5, 0.6) is 5.75 Å². The number of carbonyl (C=O) groups is 2. The number of benzene rings is 2. The van der Waals surface area contributed by atoms with E-state index in [-0.39, 0.29) is 18.0 Å². The third-order valence-corrected chi connectivity index (χ3v) is 4.27. The molecule has 1 aromatic heterocycles. The summed E-state index contributed by atoms with van der Waals surface area (Å²) >= 11 is 0. The molecular formula is C20H18FN3O4. The van der Waals surface area contributed by atoms with Crippen molar-refractivity contribution in [3.05, 3.63) is 70.8 Å². The van der Waals surface area contributed by atoms with Gasteiger partial charge in [0.25, 0.3) is 5.91 Å². The van der Waals surface area contributed by atoms with E-state index in [1.165, 1.54) is 26.2 Å². The van der Waals surface area contributed by atoms with Crippen LogP contribution in [0.3, 0.4) is 0 Å². The molecule has 0 aliphatic rings. The molecule has 3 N–H and O–H groups in total. The van der Waals surface area contributed by atoms with Crippen LogP contribution in [0.25, 0.3) is 11.1 Å². The summed E-state index contributed by atoms with van der Waals surface area (Å²) in [6.07, 6.45) is 3.36. The van der Waals surface area contributed by atoms with Gasteiger partial charge in [0.15, 0.2) is 0 Å². The highest BCUT2D eigenvalue weighted by molar-refractivity contribution is 5.95. The minimum Gasteiger partial charge on any atom is -0.496 e. The van der Waals surface area contributed by atoms with E-state index in [0.29, 0.717) is 16.9 Å². The van der Waals surface area contributed by atoms with E-state index in [1.54, 1.807) is 30.6 Å². The number of aromatic carboxylic acids is 1. The first-order chi connectivity index (χ1) is 13.4. The van der Waals surface area contributed by atoms with E-state index >= 15 is 0 Å². The molecule has 0 bridgehead atoms. The van der Waals surface area contributed by atoms with E-state index in [1.807, 2.05) is 0 Å². The van der Waals surface area contributed by atoms with Crippen LogP contribution in [0.4, 0.5) is 4.39 Å². The van der Waals surface area contributed by atoms with Gasteiger partial charge < -0.3 is 15.2 Å². The number of amides is 1. The SMILES string of the molecule is COc1cc(C(=O)NCc2cc(C)c(F)c(C(=O)O)c2)ccc1-c1cn[nH]c1. The fourth-order valence-electron chi connectivity index (χ4n) is 2.86. The van der Waals surface area contributed by atoms with Crippen LogP contribution >= 0.6 is 0 Å². The van der Waals surface area contributed by atoms with E-state index < -0.39 is 17.3 Å². The summed E-state index contributed by atoms with van der Waals surface area (Å²) in [5, 5.41) is 18.4. The zero-order chi connectivity index (χ0) is 20.3. The van der Waals surface area contributed by atoms with Gasteiger partial charge in [0, 0.05) is 29.4 Å². The lowest BCUT2D eigenvalue weighted by molar-refractivity contribution is 0.0691. The number of aromatic nitrogens is 2. The second kappa shape index (κ2) is 7.91. The maximum atomic E-state index is 13.8. The molecule has 1 amide bonds. The van der Waals surface area contributed by atoms with Crippen molar-refractivity contribution in [1.29, 1.82) is 0 Å². The fourth-order valence-corrected chi connectivity index (χ4v) is 2.86. The van der Waals surface area contributed by atoms with E-state index in [2.05, 4.69) is 15.5 Å². The fraction of sp³-hybridized carbons (Fsp3) is 0.150. The molecule has 8 heteroatoms. The molecule has 144 valence electrons. The molecule has 0 saturated carbocycles. The summed E-state index contributed by atoms with van der Waals surface area (Å²) in [5.74, 6) is -1.98. The number of aryl methyl sites for hydroxylation is 1. The number of hydrogen-bond acceptors (Lipinski definition) is 4. The van der Waals surface area contributed by atoms with Crippen molar-refractivity contribution in [3.8, 4) is 16.9 Å². The summed E-state index contributed by atoms with van der Waals surface area (Å²) in [6, 6.07) is 7.73. The van der Waals surface area contributed by atoms with Gasteiger partial charge in [0.1, 0.15) is 11.6 Å². The van der Waals surface area contributed by atoms with Crippen LogP contribution in [-0.2, 0) is 6.54 Å². The maximum absolute atomic E-state index is 13.8. The second-order valence-corrected chi connectivity index (χ2v) is 6.16. The lowest BCUT2D eigenvalue weighted by Crippen LogP contribution is -2.23. The van der Waals surface area contributed by atoms with Crippen LogP contribution < -0.4 is 10.1 Å². The minimum absolute atomic E-state index is 0.0615. The molecule has 2 aromatic carbocycles. The van der Waals surface area contributed by atoms with Crippen molar-refractivity contribution in [2.75, 3.05) is 7.11 Å². The number of nitrogens with zero attached hydrogens (tertiary/aromatic N) is 1. The number of H-pyrrole nitrogens is 1. The highest BCUT2D eigenvalue weighted by Gasteiger charge is 2.16. The second-order valence-electron chi connectivity index (χ2n) is 6.16. The highest BCUT2D eigenvalue weighted by atomic mass is 19.1. The van der Waals surface area contributed by atoms with E-state index in [9.17, 15) is 14.0 Å². The predicted octanol–water partition coefficient (Wildman–Crippen LogP) is 3.16. The number of aromatic amines is 1. The van der Waals surface area contributed by atoms with Gasteiger partial charge in [-0.2, -0.15) is 5.10 Å². The van der Waals surface area contributed by atoms with Crippen molar-refractivity contribution < 1.29 is 23.8 Å². The quantitative estimate of drug-likeness (QED) is 0.607. The van der Waals surface area contributed by atoms with Gasteiger partial charge in [0.05, 0.1) is 18.9 Å². The average molecular weight is 383 g/mol. The maximum Gasteiger partial charge on any atom is 0.338 e. The normalized spacial score (nSPS) is 10.5. The Kier molecular flexibility index (Phi) is 5.39. The van der Waals surface area contributed by atoms with Gasteiger partial charge in [-0.25, -0.2) is 9.18 Å². The smallest absolute Gasteiger partial charge is 0.338 e. The number of ether oxygens (including phenoxy) is 1. The number of carboxylic acid groups (broad SMARTS) is 1. The highest BCUT2D eigenvalue weighted by Crippen LogP contribution is 2.30. The molecule has 0 aliphatic heterocycles. The van der Waals surface area contributed by atoms with Crippen molar-refractivity contribution in [2.24, 2.45) is 0 Å². The molecule has 0 aliphatic carbocycles. The van der Waals surface area contributed by atoms with Crippen molar-refractivity contribution in [2.45, 2.75) is 13.5 Å². The summed E-state index contributed by atoms with van der Waals surface area (Å²) in [6.45, 7) is 1.54. The van der Waals surface area contributed by atoms with Gasteiger partial charge in [-0.15, -0.1) is 0 Å². The van der Waals surface area contributed by atoms with Crippen molar-refractivity contribution in [3.63, 3.8) is 0 Å². The number of rotatable bonds is 6. The molecule has 1 heterocycles. The van der Waals surface area contributed by atoms with E-state index in [0.717, 1.165) is 11.1 Å². The Labute approximate surface area is 160 Å². The summed E-state index contributed by atoms with van der Waals surface area (Å²) in [4.78, 5) is 23.6. The van der Waals surface area contributed by atoms with Gasteiger partial charge in [0.2, 0.25) is 0 Å². The van der Waals surface area contributed by atoms with Gasteiger partial charge in [-0.1, -0.05) is 6.07 Å². The van der Waals surface area contributed by atoms with Crippen LogP contribution in [0.1, 0.15) is 31.8 Å². The molecular weight excluding hydrogens is 365 g/mol. The minimum atomic E-state index is -1.35. The van der Waals surface area contributed by atoms with Crippen LogP contribution in [-0.4, -0.2) is 34.3 Å². The first kappa shape index (κ1) is 19.1. The largest absolute Gasteiger partial charge is 0.496 e. The Morgan fingerprint density at radius 3 is 2.71 bits per heavy atom. The number of carbonyl (C=O) groups excluding carboxylic acids is 1. The van der Waals surface area contributed by atoms with Crippen LogP contribution in [0, 0.1) is 12.7 Å². The molecule has 3 aromatic rings. The molecule has 0 spiro atoms. The number of hydrogen-bond donors (Lipinski definition) is 3. The third-order valence-electron chi connectivity index (χ3n) is 4.27. The number of halogens is 1. The standard InChI is InChI=1S/C20H18FN3O4/c1-11-5-12(6-16(18(11)21)20(26)27)8-22-19(25)13-3-4-15(17(7-13)28-2)14-9-23-24-10-14/h3-7,9-10H,8H2,1-2H3,(H,22,25)(H,23,24)(H,26,27). The van der Waals surface area contributed by atoms with Crippen LogP contribution in [0.15, 0.2) is 42.7 Å². The predicted molar refractivity (Wildman–Crippen MR) is 99.8 cm³/mol. The summed E-state index contributed by atoms with van der Waals surface area (Å²) < 4.78 is 19.2. The van der Waals surface area contributed by atoms with Gasteiger partial charge in [-0.3, -0.25) is 9.89 Å². The summed E-state index contributed by atoms with van der Waals surface area (Å²) in [7, 11) is 1.51. The Morgan fingerprint density at radius 1 is 1.29 bits per heavy atom. The monoisotopic (exact) mass is 383 g/mol. The molecule has 0 saturated heterocycles. The Balaban J connectivity index is 1.78. The molecule has 3 rings (SSSR count). The van der Waals surface area contributed by atoms with Gasteiger partial charge >= 0.3 is 5.97 Å². The average Bonchev–Trinajstić information content (AvgIpc) is 3.22. The van der Waals surface area contributed by atoms with Crippen LogP contribution in [0.2, 0.25) is 0 Å².